The van der Waals surface area contributed by atoms with Crippen LogP contribution < -0.4 is 0 Å². The van der Waals surface area contributed by atoms with Crippen LogP contribution in [0.3, 0.4) is 0 Å². The summed E-state index contributed by atoms with van der Waals surface area (Å²) in [5.74, 6) is 0.0860. The van der Waals surface area contributed by atoms with E-state index in [-0.39, 0.29) is 5.91 Å². The summed E-state index contributed by atoms with van der Waals surface area (Å²) in [6.45, 7) is 1.73. The van der Waals surface area contributed by atoms with Gasteiger partial charge in [0.2, 0.25) is 0 Å². The summed E-state index contributed by atoms with van der Waals surface area (Å²) >= 11 is 9.28. The highest BCUT2D eigenvalue weighted by molar-refractivity contribution is 9.10. The van der Waals surface area contributed by atoms with E-state index in [1.165, 1.54) is 6.42 Å². The van der Waals surface area contributed by atoms with Crippen molar-refractivity contribution in [2.45, 2.75) is 19.3 Å². The van der Waals surface area contributed by atoms with Gasteiger partial charge in [0.15, 0.2) is 0 Å². The van der Waals surface area contributed by atoms with Crippen molar-refractivity contribution < 1.29 is 4.79 Å². The summed E-state index contributed by atoms with van der Waals surface area (Å²) < 4.78 is 0.848. The molecule has 16 heavy (non-hydrogen) atoms. The minimum atomic E-state index is 0.0860. The van der Waals surface area contributed by atoms with Crippen molar-refractivity contribution >= 4 is 33.4 Å². The summed E-state index contributed by atoms with van der Waals surface area (Å²) in [7, 11) is 0. The van der Waals surface area contributed by atoms with E-state index in [9.17, 15) is 4.79 Å². The third-order valence-electron chi connectivity index (χ3n) is 2.75. The first-order valence-electron chi connectivity index (χ1n) is 5.42. The van der Waals surface area contributed by atoms with Crippen molar-refractivity contribution in [2.75, 3.05) is 13.1 Å². The zero-order valence-electron chi connectivity index (χ0n) is 8.88. The van der Waals surface area contributed by atoms with Gasteiger partial charge in [-0.1, -0.05) is 27.5 Å². The lowest BCUT2D eigenvalue weighted by atomic mass is 10.1. The van der Waals surface area contributed by atoms with Crippen LogP contribution in [0.1, 0.15) is 29.6 Å². The number of amides is 1. The molecule has 1 aromatic carbocycles. The number of piperidine rings is 1. The zero-order valence-corrected chi connectivity index (χ0v) is 11.2. The molecule has 2 nitrogen and oxygen atoms in total. The summed E-state index contributed by atoms with van der Waals surface area (Å²) in [6.07, 6.45) is 3.43. The van der Waals surface area contributed by atoms with Crippen molar-refractivity contribution in [3.63, 3.8) is 0 Å². The van der Waals surface area contributed by atoms with E-state index in [0.717, 1.165) is 30.4 Å². The van der Waals surface area contributed by atoms with Gasteiger partial charge in [-0.15, -0.1) is 0 Å². The first-order valence-corrected chi connectivity index (χ1v) is 6.59. The van der Waals surface area contributed by atoms with Crippen LogP contribution in [-0.2, 0) is 0 Å². The number of likely N-dealkylation sites (tertiary alicyclic amines) is 1. The summed E-state index contributed by atoms with van der Waals surface area (Å²) in [5, 5.41) is 0.592. The first kappa shape index (κ1) is 11.9. The lowest BCUT2D eigenvalue weighted by Crippen LogP contribution is -2.35. The number of carbonyl (C=O) groups excluding carboxylic acids is 1. The van der Waals surface area contributed by atoms with Crippen molar-refractivity contribution in [1.82, 2.24) is 4.90 Å². The zero-order chi connectivity index (χ0) is 11.5. The van der Waals surface area contributed by atoms with Crippen LogP contribution in [0.25, 0.3) is 0 Å². The second kappa shape index (κ2) is 5.19. The Bertz CT molecular complexity index is 382. The van der Waals surface area contributed by atoms with Gasteiger partial charge in [-0.3, -0.25) is 4.79 Å². The van der Waals surface area contributed by atoms with Gasteiger partial charge in [-0.25, -0.2) is 0 Å². The standard InChI is InChI=1S/C12H13BrClNO/c13-10-6-9(7-11(14)8-10)12(16)15-4-2-1-3-5-15/h6-8H,1-5H2. The molecule has 0 unspecified atom stereocenters. The number of hydrogen-bond acceptors (Lipinski definition) is 1. The van der Waals surface area contributed by atoms with Crippen LogP contribution >= 0.6 is 27.5 Å². The van der Waals surface area contributed by atoms with E-state index in [4.69, 9.17) is 11.6 Å². The number of rotatable bonds is 1. The van der Waals surface area contributed by atoms with Gasteiger partial charge in [0.1, 0.15) is 0 Å². The molecule has 0 N–H and O–H groups in total. The van der Waals surface area contributed by atoms with Gasteiger partial charge in [0, 0.05) is 28.1 Å². The molecule has 1 aliphatic heterocycles. The fraction of sp³-hybridized carbons (Fsp3) is 0.417. The molecule has 0 aromatic heterocycles. The quantitative estimate of drug-likeness (QED) is 0.774. The smallest absolute Gasteiger partial charge is 0.253 e. The Morgan fingerprint density at radius 3 is 2.50 bits per heavy atom. The van der Waals surface area contributed by atoms with Crippen LogP contribution in [-0.4, -0.2) is 23.9 Å². The third-order valence-corrected chi connectivity index (χ3v) is 3.43. The highest BCUT2D eigenvalue weighted by Gasteiger charge is 2.18. The molecule has 0 saturated carbocycles. The van der Waals surface area contributed by atoms with Crippen LogP contribution in [0.2, 0.25) is 5.02 Å². The molecule has 1 saturated heterocycles. The molecule has 1 amide bonds. The second-order valence-electron chi connectivity index (χ2n) is 4.01. The van der Waals surface area contributed by atoms with Gasteiger partial charge in [-0.05, 0) is 37.5 Å². The molecule has 0 bridgehead atoms. The fourth-order valence-electron chi connectivity index (χ4n) is 1.96. The van der Waals surface area contributed by atoms with Crippen molar-refractivity contribution in [1.29, 1.82) is 0 Å². The van der Waals surface area contributed by atoms with Crippen LogP contribution in [0.15, 0.2) is 22.7 Å². The Kier molecular flexibility index (Phi) is 3.87. The third kappa shape index (κ3) is 2.77. The van der Waals surface area contributed by atoms with E-state index in [2.05, 4.69) is 15.9 Å². The Hall–Kier alpha value is -0.540. The molecule has 0 atom stereocenters. The number of carbonyl (C=O) groups is 1. The largest absolute Gasteiger partial charge is 0.339 e. The minimum Gasteiger partial charge on any atom is -0.339 e. The highest BCUT2D eigenvalue weighted by atomic mass is 79.9. The Morgan fingerprint density at radius 1 is 1.19 bits per heavy atom. The monoisotopic (exact) mass is 301 g/mol. The maximum Gasteiger partial charge on any atom is 0.253 e. The molecule has 1 aliphatic rings. The first-order chi connectivity index (χ1) is 7.66. The lowest BCUT2D eigenvalue weighted by molar-refractivity contribution is 0.0724. The SMILES string of the molecule is O=C(c1cc(Cl)cc(Br)c1)N1CCCCC1. The average Bonchev–Trinajstić information content (AvgIpc) is 2.28. The topological polar surface area (TPSA) is 20.3 Å². The van der Waals surface area contributed by atoms with Crippen molar-refractivity contribution in [3.8, 4) is 0 Å². The van der Waals surface area contributed by atoms with Crippen LogP contribution in [0.4, 0.5) is 0 Å². The van der Waals surface area contributed by atoms with Gasteiger partial charge >= 0.3 is 0 Å². The number of nitrogens with zero attached hydrogens (tertiary/aromatic N) is 1. The van der Waals surface area contributed by atoms with E-state index >= 15 is 0 Å². The molecule has 1 aromatic rings. The average molecular weight is 303 g/mol. The second-order valence-corrected chi connectivity index (χ2v) is 5.36. The van der Waals surface area contributed by atoms with Gasteiger partial charge in [-0.2, -0.15) is 0 Å². The molecular formula is C12H13BrClNO. The Labute approximate surface area is 109 Å². The summed E-state index contributed by atoms with van der Waals surface area (Å²) in [4.78, 5) is 14.1. The molecule has 0 spiro atoms. The van der Waals surface area contributed by atoms with Crippen LogP contribution in [0.5, 0.6) is 0 Å². The maximum atomic E-state index is 12.2. The maximum absolute atomic E-state index is 12.2. The number of benzene rings is 1. The Morgan fingerprint density at radius 2 is 1.88 bits per heavy atom. The molecule has 0 aliphatic carbocycles. The number of halogens is 2. The molecule has 1 heterocycles. The molecule has 4 heteroatoms. The van der Waals surface area contributed by atoms with E-state index in [1.807, 2.05) is 11.0 Å². The van der Waals surface area contributed by atoms with E-state index in [0.29, 0.717) is 10.6 Å². The normalized spacial score (nSPS) is 16.2. The van der Waals surface area contributed by atoms with E-state index < -0.39 is 0 Å². The molecule has 86 valence electrons. The number of hydrogen-bond donors (Lipinski definition) is 0. The molecule has 1 fully saturated rings. The minimum absolute atomic E-state index is 0.0860. The summed E-state index contributed by atoms with van der Waals surface area (Å²) in [6, 6.07) is 5.33. The predicted octanol–water partition coefficient (Wildman–Crippen LogP) is 3.73. The fourth-order valence-corrected chi connectivity index (χ4v) is 2.82. The van der Waals surface area contributed by atoms with Crippen LogP contribution in [0, 0.1) is 0 Å². The van der Waals surface area contributed by atoms with Crippen molar-refractivity contribution in [2.24, 2.45) is 0 Å². The lowest BCUT2D eigenvalue weighted by Gasteiger charge is -2.26. The molecular weight excluding hydrogens is 289 g/mol. The molecule has 0 radical (unpaired) electrons. The Balaban J connectivity index is 2.19. The van der Waals surface area contributed by atoms with Gasteiger partial charge in [0.25, 0.3) is 5.91 Å². The van der Waals surface area contributed by atoms with Gasteiger partial charge < -0.3 is 4.90 Å². The van der Waals surface area contributed by atoms with E-state index in [1.54, 1.807) is 12.1 Å². The predicted molar refractivity (Wildman–Crippen MR) is 68.9 cm³/mol. The van der Waals surface area contributed by atoms with Crippen molar-refractivity contribution in [3.05, 3.63) is 33.3 Å². The summed E-state index contributed by atoms with van der Waals surface area (Å²) in [5.41, 5.74) is 0.668. The van der Waals surface area contributed by atoms with Gasteiger partial charge in [0.05, 0.1) is 0 Å². The molecule has 2 rings (SSSR count). The highest BCUT2D eigenvalue weighted by Crippen LogP contribution is 2.21.